The van der Waals surface area contributed by atoms with Crippen LogP contribution in [-0.4, -0.2) is 60.0 Å². The Hall–Kier alpha value is -4.12. The fourth-order valence-electron chi connectivity index (χ4n) is 18.1. The van der Waals surface area contributed by atoms with Crippen LogP contribution in [-0.2, 0) is 45.6 Å². The monoisotopic (exact) mass is 841 g/mol. The van der Waals surface area contributed by atoms with Crippen molar-refractivity contribution in [1.29, 1.82) is 0 Å². The number of hydrogen-bond acceptors (Lipinski definition) is 7. The summed E-state index contributed by atoms with van der Waals surface area (Å²) in [5, 5.41) is 0. The highest BCUT2D eigenvalue weighted by atomic mass is 16.6. The van der Waals surface area contributed by atoms with Crippen LogP contribution >= 0.6 is 0 Å². The number of esters is 2. The van der Waals surface area contributed by atoms with Gasteiger partial charge in [-0.2, -0.15) is 0 Å². The Morgan fingerprint density at radius 3 is 2.78 bits per heavy atom. The van der Waals surface area contributed by atoms with Crippen molar-refractivity contribution in [1.82, 2.24) is 9.80 Å². The maximum Gasteiger partial charge on any atom is 0.339 e. The van der Waals surface area contributed by atoms with Crippen LogP contribution in [0.5, 0.6) is 0 Å². The molecule has 2 aromatic rings. The second-order valence-electron chi connectivity index (χ2n) is 22.6. The summed E-state index contributed by atoms with van der Waals surface area (Å²) in [6, 6.07) is 14.7. The molecule has 0 aromatic heterocycles. The van der Waals surface area contributed by atoms with E-state index in [1.807, 2.05) is 0 Å². The molecule has 4 fully saturated rings. The lowest BCUT2D eigenvalue weighted by molar-refractivity contribution is -0.278. The van der Waals surface area contributed by atoms with E-state index in [1.165, 1.54) is 35.1 Å². The molecule has 1 saturated carbocycles. The molecule has 7 heteroatoms. The minimum Gasteiger partial charge on any atom is -0.449 e. The molecular formula is C56H63N3O4. The molecule has 1 unspecified atom stereocenters. The van der Waals surface area contributed by atoms with E-state index in [-0.39, 0.29) is 29.7 Å². The van der Waals surface area contributed by atoms with Crippen LogP contribution in [0.3, 0.4) is 0 Å². The zero-order valence-corrected chi connectivity index (χ0v) is 37.4. The molecule has 2 aromatic carbocycles. The maximum atomic E-state index is 16.1. The minimum absolute atomic E-state index is 0.0556. The molecule has 0 amide bonds. The number of carbonyl (C=O) groups excluding carboxylic acids is 2. The third-order valence-electron chi connectivity index (χ3n) is 20.2. The standard InChI is InChI=1S/C56H63N3O4/c1-31-15-20-47-54-22-21-42-44-27-38-26-37-24-33(8-3-4-14-46(55(44,54)53(61)62-47)56(54)43-13-6-10-36(11-7-23-57)49(43)52(60)63-56)16-17-35(37)9-5-12-40-32(2)48(38)50(42)51-41(40)18-19-45-39-25-34(29-59(45)51)28-58(31)30-39/h6,10,13,16-17,20,24,31-32,34,38-40,45-46,48,50H,3-4,7-9,11,14-15,18-19,21-23,25-30,57H2,1-2H3/b47-20+/t31-,32+,34+,38-,39-,40+,45-,46-,48+,50-,54+,55-,56+/m0/s1. The second kappa shape index (κ2) is 13.3. The number of allylic oxidation sites excluding steroid dienone is 2. The molecular weight excluding hydrogens is 779 g/mol. The third-order valence-corrected chi connectivity index (χ3v) is 20.2. The molecule has 3 spiro atoms. The van der Waals surface area contributed by atoms with Crippen molar-refractivity contribution >= 4 is 11.9 Å². The number of rotatable bonds is 3. The maximum absolute atomic E-state index is 16.1. The summed E-state index contributed by atoms with van der Waals surface area (Å²) < 4.78 is 14.3. The first kappa shape index (κ1) is 38.2. The number of carbonyl (C=O) groups is 2. The van der Waals surface area contributed by atoms with E-state index in [0.29, 0.717) is 48.2 Å². The summed E-state index contributed by atoms with van der Waals surface area (Å²) in [5.74, 6) is 11.3. The van der Waals surface area contributed by atoms with Gasteiger partial charge >= 0.3 is 11.9 Å². The van der Waals surface area contributed by atoms with Gasteiger partial charge in [0, 0.05) is 67.2 Å². The molecule has 9 heterocycles. The quantitative estimate of drug-likeness (QED) is 0.188. The topological polar surface area (TPSA) is 85.1 Å². The van der Waals surface area contributed by atoms with Crippen molar-refractivity contribution in [3.63, 3.8) is 0 Å². The van der Waals surface area contributed by atoms with Crippen LogP contribution in [0.1, 0.15) is 123 Å². The number of aryl methyl sites for hydroxylation is 2. The lowest BCUT2D eigenvalue weighted by atomic mass is 9.28. The van der Waals surface area contributed by atoms with Crippen molar-refractivity contribution in [3.05, 3.63) is 104 Å². The van der Waals surface area contributed by atoms with E-state index < -0.39 is 16.4 Å². The van der Waals surface area contributed by atoms with Crippen LogP contribution in [0, 0.1) is 70.0 Å². The molecule has 326 valence electrons. The molecule has 3 saturated heterocycles. The summed E-state index contributed by atoms with van der Waals surface area (Å²) in [4.78, 5) is 36.7. The lowest BCUT2D eigenvalue weighted by Crippen LogP contribution is -2.77. The van der Waals surface area contributed by atoms with Crippen LogP contribution in [0.25, 0.3) is 0 Å². The first-order chi connectivity index (χ1) is 30.8. The lowest BCUT2D eigenvalue weighted by Gasteiger charge is -2.72. The predicted molar refractivity (Wildman–Crippen MR) is 241 cm³/mol. The minimum atomic E-state index is -0.980. The van der Waals surface area contributed by atoms with Gasteiger partial charge in [-0.05, 0) is 160 Å². The predicted octanol–water partition coefficient (Wildman–Crippen LogP) is 8.59. The van der Waals surface area contributed by atoms with Gasteiger partial charge in [0.15, 0.2) is 5.60 Å². The number of nitrogens with two attached hydrogens (primary N) is 1. The van der Waals surface area contributed by atoms with Gasteiger partial charge in [-0.1, -0.05) is 72.7 Å². The molecule has 7 nitrogen and oxygen atoms in total. The third kappa shape index (κ3) is 4.57. The van der Waals surface area contributed by atoms with Crippen molar-refractivity contribution < 1.29 is 19.1 Å². The van der Waals surface area contributed by atoms with E-state index in [2.05, 4.69) is 78.0 Å². The Morgan fingerprint density at radius 1 is 0.952 bits per heavy atom. The molecule has 0 radical (unpaired) electrons. The number of nitrogens with zero attached hydrogens (tertiary/aromatic N) is 2. The highest BCUT2D eigenvalue weighted by Gasteiger charge is 2.93. The summed E-state index contributed by atoms with van der Waals surface area (Å²) in [7, 11) is 0. The van der Waals surface area contributed by atoms with Gasteiger partial charge < -0.3 is 20.1 Å². The van der Waals surface area contributed by atoms with E-state index >= 15 is 4.79 Å². The normalized spacial score (nSPS) is 43.8. The van der Waals surface area contributed by atoms with Crippen LogP contribution in [0.2, 0.25) is 0 Å². The molecule has 17 bridgehead atoms. The Labute approximate surface area is 373 Å². The zero-order chi connectivity index (χ0) is 42.1. The van der Waals surface area contributed by atoms with E-state index in [9.17, 15) is 4.79 Å². The van der Waals surface area contributed by atoms with Gasteiger partial charge in [-0.3, -0.25) is 9.69 Å². The Bertz CT molecular complexity index is 2580. The van der Waals surface area contributed by atoms with Gasteiger partial charge in [0.1, 0.15) is 11.2 Å². The van der Waals surface area contributed by atoms with E-state index in [4.69, 9.17) is 15.2 Å². The molecule has 2 N–H and O–H groups in total. The summed E-state index contributed by atoms with van der Waals surface area (Å²) in [6.07, 6.45) is 16.6. The zero-order valence-electron chi connectivity index (χ0n) is 37.4. The molecule has 9 aliphatic heterocycles. The van der Waals surface area contributed by atoms with Crippen LogP contribution in [0.15, 0.2) is 70.6 Å². The molecule has 14 atom stereocenters. The van der Waals surface area contributed by atoms with Crippen molar-refractivity contribution in [3.8, 4) is 11.8 Å². The fraction of sp³-hybridized carbons (Fsp3) is 0.607. The Balaban J connectivity index is 1.08. The summed E-state index contributed by atoms with van der Waals surface area (Å²) in [6.45, 7) is 8.94. The van der Waals surface area contributed by atoms with E-state index in [0.717, 1.165) is 126 Å². The Morgan fingerprint density at radius 2 is 1.87 bits per heavy atom. The molecule has 63 heavy (non-hydrogen) atoms. The number of hydrogen-bond donors (Lipinski definition) is 1. The molecule has 17 rings (SSSR count). The second-order valence-corrected chi connectivity index (χ2v) is 22.6. The van der Waals surface area contributed by atoms with Gasteiger partial charge in [0.05, 0.1) is 11.0 Å². The van der Waals surface area contributed by atoms with Crippen molar-refractivity contribution in [2.75, 3.05) is 26.2 Å². The SMILES string of the molecule is C[C@H]1[C@@H]2[C@@H]3CC4=C5CC[C@@]67/C8=C\C[C@H](C)N9C[C@H]%10C[C@@H](C9)[C@@H]9CCC(=C([C@@H]52)N9C%10)[C@@H]1C#CCc1ccc(cc1C3)CCCC[C@@H]([C@]46C(=O)O8)[C@@]71OC(=O)c2c(CCCN)cccc21. The highest BCUT2D eigenvalue weighted by molar-refractivity contribution is 6.00. The van der Waals surface area contributed by atoms with Crippen molar-refractivity contribution in [2.24, 2.45) is 63.9 Å². The smallest absolute Gasteiger partial charge is 0.339 e. The highest BCUT2D eigenvalue weighted by Crippen LogP contribution is 2.87. The number of ether oxygens (including phenoxy) is 2. The number of fused-ring (bicyclic) bond motifs is 6. The van der Waals surface area contributed by atoms with Gasteiger partial charge in [0.2, 0.25) is 0 Å². The first-order valence-electron chi connectivity index (χ1n) is 25.3. The number of piperidine rings is 2. The van der Waals surface area contributed by atoms with Gasteiger partial charge in [0.25, 0.3) is 0 Å². The molecule has 6 aliphatic carbocycles. The van der Waals surface area contributed by atoms with Crippen molar-refractivity contribution in [2.45, 2.75) is 128 Å². The average molecular weight is 842 g/mol. The Kier molecular flexibility index (Phi) is 8.03. The van der Waals surface area contributed by atoms with Gasteiger partial charge in [-0.15, -0.1) is 0 Å². The van der Waals surface area contributed by atoms with Crippen LogP contribution < -0.4 is 5.73 Å². The van der Waals surface area contributed by atoms with Crippen LogP contribution in [0.4, 0.5) is 0 Å². The largest absolute Gasteiger partial charge is 0.449 e. The van der Waals surface area contributed by atoms with E-state index in [1.54, 1.807) is 16.8 Å². The molecule has 15 aliphatic rings. The average Bonchev–Trinajstić information content (AvgIpc) is 3.73. The fourth-order valence-corrected chi connectivity index (χ4v) is 18.1. The number of benzene rings is 2. The van der Waals surface area contributed by atoms with Gasteiger partial charge in [-0.25, -0.2) is 4.79 Å². The summed E-state index contributed by atoms with van der Waals surface area (Å²) in [5.41, 5.74) is 16.7. The first-order valence-corrected chi connectivity index (χ1v) is 25.3. The summed E-state index contributed by atoms with van der Waals surface area (Å²) >= 11 is 0.